The van der Waals surface area contributed by atoms with Crippen LogP contribution in [0.5, 0.6) is 0 Å². The highest BCUT2D eigenvalue weighted by atomic mass is 79.9. The molecule has 0 spiro atoms. The fourth-order valence-corrected chi connectivity index (χ4v) is 3.10. The summed E-state index contributed by atoms with van der Waals surface area (Å²) < 4.78 is 1.87. The summed E-state index contributed by atoms with van der Waals surface area (Å²) in [7, 11) is 0. The number of fused-ring (bicyclic) bond motifs is 1. The lowest BCUT2D eigenvalue weighted by atomic mass is 10.1. The fourth-order valence-electron chi connectivity index (χ4n) is 1.76. The summed E-state index contributed by atoms with van der Waals surface area (Å²) in [5.74, 6) is 0.745. The van der Waals surface area contributed by atoms with E-state index in [1.165, 1.54) is 0 Å². The van der Waals surface area contributed by atoms with Crippen molar-refractivity contribution in [3.63, 3.8) is 0 Å². The number of aromatic nitrogens is 2. The Labute approximate surface area is 113 Å². The average Bonchev–Trinajstić information content (AvgIpc) is 2.17. The van der Waals surface area contributed by atoms with Crippen LogP contribution in [-0.4, -0.2) is 9.55 Å². The lowest BCUT2D eigenvalue weighted by Crippen LogP contribution is -2.36. The summed E-state index contributed by atoms with van der Waals surface area (Å²) >= 11 is 10.3. The first kappa shape index (κ1) is 11.8. The molecule has 0 aliphatic carbocycles. The van der Waals surface area contributed by atoms with E-state index in [0.717, 1.165) is 18.7 Å². The van der Waals surface area contributed by atoms with Gasteiger partial charge in [-0.25, -0.2) is 4.98 Å². The number of rotatable bonds is 0. The summed E-state index contributed by atoms with van der Waals surface area (Å²) in [5.41, 5.74) is -0.0181. The molecule has 0 N–H and O–H groups in total. The van der Waals surface area contributed by atoms with Crippen molar-refractivity contribution >= 4 is 47.8 Å². The molecule has 1 aliphatic heterocycles. The second-order valence-corrected chi connectivity index (χ2v) is 8.32. The third kappa shape index (κ3) is 1.96. The molecule has 1 aromatic rings. The Kier molecular flexibility index (Phi) is 3.12. The highest BCUT2D eigenvalue weighted by Crippen LogP contribution is 2.46. The first-order chi connectivity index (χ1) is 6.93. The highest BCUT2D eigenvalue weighted by Gasteiger charge is 2.36. The Morgan fingerprint density at radius 1 is 1.60 bits per heavy atom. The number of alkyl halides is 2. The van der Waals surface area contributed by atoms with E-state index in [-0.39, 0.29) is 14.8 Å². The van der Waals surface area contributed by atoms with Gasteiger partial charge in [-0.3, -0.25) is 9.36 Å². The van der Waals surface area contributed by atoms with Gasteiger partial charge in [-0.05, 0) is 35.7 Å². The maximum atomic E-state index is 11.9. The van der Waals surface area contributed by atoms with E-state index in [1.807, 2.05) is 6.92 Å². The summed E-state index contributed by atoms with van der Waals surface area (Å²) in [4.78, 5) is 16.3. The molecule has 0 fully saturated rings. The number of hydrogen-bond acceptors (Lipinski definition) is 2. The molecule has 0 saturated carbocycles. The highest BCUT2D eigenvalue weighted by molar-refractivity contribution is 9.24. The molecular formula is C9H9Br3N2O. The predicted octanol–water partition coefficient (Wildman–Crippen LogP) is 3.30. The number of hydrogen-bond donors (Lipinski definition) is 0. The zero-order chi connectivity index (χ0) is 11.2. The van der Waals surface area contributed by atoms with E-state index < -0.39 is 0 Å². The topological polar surface area (TPSA) is 34.9 Å². The van der Waals surface area contributed by atoms with E-state index in [0.29, 0.717) is 4.47 Å². The molecule has 2 rings (SSSR count). The van der Waals surface area contributed by atoms with Crippen molar-refractivity contribution in [1.82, 2.24) is 9.55 Å². The van der Waals surface area contributed by atoms with Gasteiger partial charge in [0.2, 0.25) is 0 Å². The summed E-state index contributed by atoms with van der Waals surface area (Å²) in [6.07, 6.45) is 3.42. The van der Waals surface area contributed by atoms with Crippen LogP contribution < -0.4 is 5.56 Å². The fraction of sp³-hybridized carbons (Fsp3) is 0.556. The lowest BCUT2D eigenvalue weighted by Gasteiger charge is -2.32. The minimum atomic E-state index is -0.369. The minimum absolute atomic E-state index is 0.0181. The Hall–Kier alpha value is 0.320. The van der Waals surface area contributed by atoms with Gasteiger partial charge in [0, 0.05) is 12.2 Å². The van der Waals surface area contributed by atoms with E-state index in [1.54, 1.807) is 10.8 Å². The smallest absolute Gasteiger partial charge is 0.268 e. The van der Waals surface area contributed by atoms with Crippen LogP contribution in [0.4, 0.5) is 0 Å². The second kappa shape index (κ2) is 3.96. The normalized spacial score (nSPS) is 23.6. The number of halogens is 3. The molecule has 15 heavy (non-hydrogen) atoms. The van der Waals surface area contributed by atoms with Crippen molar-refractivity contribution in [3.05, 3.63) is 26.8 Å². The van der Waals surface area contributed by atoms with Gasteiger partial charge in [-0.15, -0.1) is 0 Å². The molecule has 6 heteroatoms. The van der Waals surface area contributed by atoms with Gasteiger partial charge >= 0.3 is 0 Å². The summed E-state index contributed by atoms with van der Waals surface area (Å²) in [5, 5.41) is 0. The molecule has 2 heterocycles. The van der Waals surface area contributed by atoms with Crippen molar-refractivity contribution in [1.29, 1.82) is 0 Å². The van der Waals surface area contributed by atoms with Crippen LogP contribution in [-0.2, 0) is 3.23 Å². The van der Waals surface area contributed by atoms with Crippen LogP contribution in [0, 0.1) is 0 Å². The van der Waals surface area contributed by atoms with Gasteiger partial charge in [-0.2, -0.15) is 0 Å². The molecule has 0 aromatic carbocycles. The Morgan fingerprint density at radius 3 is 2.93 bits per heavy atom. The molecule has 0 bridgehead atoms. The van der Waals surface area contributed by atoms with Gasteiger partial charge < -0.3 is 0 Å². The second-order valence-electron chi connectivity index (χ2n) is 3.70. The molecule has 0 amide bonds. The molecule has 3 nitrogen and oxygen atoms in total. The Morgan fingerprint density at radius 2 is 2.27 bits per heavy atom. The summed E-state index contributed by atoms with van der Waals surface area (Å²) in [6, 6.07) is 0.195. The van der Waals surface area contributed by atoms with E-state index in [2.05, 4.69) is 52.8 Å². The third-order valence-electron chi connectivity index (χ3n) is 2.60. The van der Waals surface area contributed by atoms with Crippen LogP contribution in [0.1, 0.15) is 31.6 Å². The third-order valence-corrected chi connectivity index (χ3v) is 4.64. The van der Waals surface area contributed by atoms with Crippen molar-refractivity contribution in [2.75, 3.05) is 0 Å². The van der Waals surface area contributed by atoms with Crippen LogP contribution in [0.3, 0.4) is 0 Å². The maximum absolute atomic E-state index is 11.9. The Bertz CT molecular complexity index is 455. The quantitative estimate of drug-likeness (QED) is 0.626. The zero-order valence-electron chi connectivity index (χ0n) is 8.01. The average molecular weight is 401 g/mol. The largest absolute Gasteiger partial charge is 0.291 e. The predicted molar refractivity (Wildman–Crippen MR) is 69.7 cm³/mol. The van der Waals surface area contributed by atoms with E-state index in [9.17, 15) is 4.79 Å². The molecule has 1 aliphatic rings. The van der Waals surface area contributed by atoms with E-state index in [4.69, 9.17) is 0 Å². The van der Waals surface area contributed by atoms with Gasteiger partial charge in [0.05, 0.1) is 0 Å². The molecule has 1 unspecified atom stereocenters. The molecule has 0 radical (unpaired) electrons. The first-order valence-corrected chi connectivity index (χ1v) is 6.97. The monoisotopic (exact) mass is 398 g/mol. The van der Waals surface area contributed by atoms with Gasteiger partial charge in [-0.1, -0.05) is 31.9 Å². The standard InChI is InChI=1S/C9H9Br3N2O/c1-5-2-3-9(11,12)8-13-4-6(10)7(15)14(5)8/h4-5H,2-3H2,1H3. The molecule has 82 valence electrons. The molecule has 1 atom stereocenters. The van der Waals surface area contributed by atoms with E-state index >= 15 is 0 Å². The minimum Gasteiger partial charge on any atom is -0.291 e. The van der Waals surface area contributed by atoms with Crippen LogP contribution in [0.25, 0.3) is 0 Å². The zero-order valence-corrected chi connectivity index (χ0v) is 12.8. The van der Waals surface area contributed by atoms with Gasteiger partial charge in [0.25, 0.3) is 5.56 Å². The van der Waals surface area contributed by atoms with Gasteiger partial charge in [0.15, 0.2) is 0 Å². The van der Waals surface area contributed by atoms with Crippen molar-refractivity contribution in [3.8, 4) is 0 Å². The molecule has 0 saturated heterocycles. The van der Waals surface area contributed by atoms with Crippen LogP contribution in [0.2, 0.25) is 0 Å². The summed E-state index contributed by atoms with van der Waals surface area (Å²) in [6.45, 7) is 2.04. The van der Waals surface area contributed by atoms with Gasteiger partial charge in [0.1, 0.15) is 13.5 Å². The maximum Gasteiger partial charge on any atom is 0.268 e. The van der Waals surface area contributed by atoms with Crippen molar-refractivity contribution in [2.24, 2.45) is 0 Å². The molecule has 1 aromatic heterocycles. The van der Waals surface area contributed by atoms with Crippen molar-refractivity contribution < 1.29 is 0 Å². The lowest BCUT2D eigenvalue weighted by molar-refractivity contribution is 0.392. The number of nitrogens with zero attached hydrogens (tertiary/aromatic N) is 2. The van der Waals surface area contributed by atoms with Crippen LogP contribution >= 0.6 is 47.8 Å². The van der Waals surface area contributed by atoms with Crippen LogP contribution in [0.15, 0.2) is 15.5 Å². The first-order valence-electron chi connectivity index (χ1n) is 4.59. The Balaban J connectivity index is 2.73. The molecular weight excluding hydrogens is 392 g/mol. The van der Waals surface area contributed by atoms with Crippen molar-refractivity contribution in [2.45, 2.75) is 29.0 Å². The SMILES string of the molecule is CC1CCC(Br)(Br)c2ncc(Br)c(=O)n21.